The number of hydrogen-bond acceptors (Lipinski definition) is 0. The monoisotopic (exact) mass is 1060 g/mol. The molecule has 0 aliphatic carbocycles. The summed E-state index contributed by atoms with van der Waals surface area (Å²) >= 11 is 0. The second-order valence-electron chi connectivity index (χ2n) is 23.0. The summed E-state index contributed by atoms with van der Waals surface area (Å²) in [7, 11) is 0. The van der Waals surface area contributed by atoms with Crippen molar-refractivity contribution in [2.45, 2.75) is 0 Å². The summed E-state index contributed by atoms with van der Waals surface area (Å²) in [4.78, 5) is 0. The van der Waals surface area contributed by atoms with E-state index in [1.54, 1.807) is 0 Å². The van der Waals surface area contributed by atoms with Gasteiger partial charge < -0.3 is 0 Å². The highest BCUT2D eigenvalue weighted by Crippen LogP contribution is 2.54. The molecule has 0 nitrogen and oxygen atoms in total. The van der Waals surface area contributed by atoms with E-state index < -0.39 is 0 Å². The first-order chi connectivity index (χ1) is 41.8. The van der Waals surface area contributed by atoms with Crippen LogP contribution in [0.15, 0.2) is 291 Å². The van der Waals surface area contributed by atoms with Gasteiger partial charge in [-0.1, -0.05) is 291 Å². The van der Waals surface area contributed by atoms with Gasteiger partial charge in [0.1, 0.15) is 0 Å². The first-order valence-corrected chi connectivity index (χ1v) is 29.4. The lowest BCUT2D eigenvalue weighted by molar-refractivity contribution is 1.78. The predicted octanol–water partition coefficient (Wildman–Crippen LogP) is 24.1. The number of fused-ring (bicyclic) bond motifs is 42. The summed E-state index contributed by atoms with van der Waals surface area (Å²) in [6, 6.07) is 111. The van der Waals surface area contributed by atoms with Crippen molar-refractivity contribution < 1.29 is 0 Å². The molecule has 19 aromatic rings. The van der Waals surface area contributed by atoms with Gasteiger partial charge in [0, 0.05) is 0 Å². The Morgan fingerprint density at radius 3 is 0.250 bits per heavy atom. The molecule has 0 aliphatic rings. The Hall–Kier alpha value is -10.9. The van der Waals surface area contributed by atoms with Crippen LogP contribution >= 0.6 is 0 Å². The van der Waals surface area contributed by atoms with Gasteiger partial charge in [-0.2, -0.15) is 0 Å². The molecule has 0 spiro atoms. The first-order valence-electron chi connectivity index (χ1n) is 29.4. The van der Waals surface area contributed by atoms with Gasteiger partial charge in [0.05, 0.1) is 0 Å². The van der Waals surface area contributed by atoms with Crippen LogP contribution in [0.3, 0.4) is 0 Å². The lowest BCUT2D eigenvalue weighted by atomic mass is 9.80. The van der Waals surface area contributed by atoms with Crippen molar-refractivity contribution in [2.24, 2.45) is 0 Å². The van der Waals surface area contributed by atoms with Crippen LogP contribution in [-0.2, 0) is 0 Å². The van der Waals surface area contributed by atoms with Crippen LogP contribution in [0, 0.1) is 0 Å². The average Bonchev–Trinajstić information content (AvgIpc) is 1.36. The van der Waals surface area contributed by atoms with Gasteiger partial charge in [0.2, 0.25) is 0 Å². The lowest BCUT2D eigenvalue weighted by Crippen LogP contribution is -1.93. The zero-order valence-corrected chi connectivity index (χ0v) is 45.7. The van der Waals surface area contributed by atoms with E-state index in [1.807, 2.05) is 0 Å². The Labute approximate surface area is 482 Å². The molecule has 0 atom stereocenters. The molecule has 0 saturated heterocycles. The SMILES string of the molecule is c1ccc2c(c1)c1ccccc1c1c3ccccc3c3c(c4ccccc4c21)c1c2ccccc2c2c4ccccc4c4ccccc4c2c2ccccc2c1c1c2ccccc2c2c4ccccc4c4ccccc4c2c2ccccc2c31. The molecule has 19 aromatic carbocycles. The van der Waals surface area contributed by atoms with Crippen molar-refractivity contribution >= 4 is 194 Å². The van der Waals surface area contributed by atoms with E-state index in [0.29, 0.717) is 0 Å². The van der Waals surface area contributed by atoms with Gasteiger partial charge >= 0.3 is 0 Å². The third kappa shape index (κ3) is 6.01. The van der Waals surface area contributed by atoms with Crippen molar-refractivity contribution in [2.75, 3.05) is 0 Å². The van der Waals surface area contributed by atoms with Crippen molar-refractivity contribution in [1.82, 2.24) is 0 Å². The van der Waals surface area contributed by atoms with Gasteiger partial charge in [0.15, 0.2) is 0 Å². The fourth-order valence-electron chi connectivity index (χ4n) is 16.0. The zero-order chi connectivity index (χ0) is 54.7. The highest BCUT2D eigenvalue weighted by atomic mass is 14.3. The summed E-state index contributed by atoms with van der Waals surface area (Å²) in [5.41, 5.74) is 0. The fraction of sp³-hybridized carbons (Fsp3) is 0. The molecular weight excluding hydrogens is 1010 g/mol. The topological polar surface area (TPSA) is 0 Å². The molecule has 0 heterocycles. The van der Waals surface area contributed by atoms with E-state index in [4.69, 9.17) is 0 Å². The molecule has 0 radical (unpaired) electrons. The highest BCUT2D eigenvalue weighted by Gasteiger charge is 2.25. The normalized spacial score (nSPS) is 12.3. The molecule has 0 aromatic heterocycles. The third-order valence-corrected chi connectivity index (χ3v) is 19.1. The van der Waals surface area contributed by atoms with Crippen LogP contribution in [0.1, 0.15) is 0 Å². The van der Waals surface area contributed by atoms with Gasteiger partial charge in [0.25, 0.3) is 0 Å². The molecule has 0 bridgehead atoms. The smallest absolute Gasteiger partial charge is 0.000718 e. The van der Waals surface area contributed by atoms with Crippen LogP contribution in [0.5, 0.6) is 0 Å². The Morgan fingerprint density at radius 2 is 0.143 bits per heavy atom. The van der Waals surface area contributed by atoms with Crippen LogP contribution in [0.4, 0.5) is 0 Å². The lowest BCUT2D eigenvalue weighted by Gasteiger charge is -2.22. The molecule has 0 amide bonds. The minimum absolute atomic E-state index is 1.21. The summed E-state index contributed by atoms with van der Waals surface area (Å²) in [6.07, 6.45) is 0. The van der Waals surface area contributed by atoms with Crippen molar-refractivity contribution in [3.05, 3.63) is 291 Å². The summed E-state index contributed by atoms with van der Waals surface area (Å²) in [5, 5.41) is 44.6. The maximum absolute atomic E-state index is 2.45. The second kappa shape index (κ2) is 17.3. The van der Waals surface area contributed by atoms with E-state index in [-0.39, 0.29) is 0 Å². The summed E-state index contributed by atoms with van der Waals surface area (Å²) in [5.74, 6) is 0. The number of benzene rings is 16. The Bertz CT molecular complexity index is 5310. The Kier molecular flexibility index (Phi) is 9.43. The van der Waals surface area contributed by atoms with Crippen molar-refractivity contribution in [1.29, 1.82) is 0 Å². The minimum atomic E-state index is 1.21. The van der Waals surface area contributed by atoms with E-state index in [9.17, 15) is 0 Å². The molecule has 384 valence electrons. The maximum Gasteiger partial charge on any atom is -0.000718 e. The van der Waals surface area contributed by atoms with E-state index in [0.717, 1.165) is 0 Å². The molecule has 0 unspecified atom stereocenters. The van der Waals surface area contributed by atoms with Crippen LogP contribution in [0.25, 0.3) is 194 Å². The molecule has 0 fully saturated rings. The number of hydrogen-bond donors (Lipinski definition) is 0. The summed E-state index contributed by atoms with van der Waals surface area (Å²) < 4.78 is 0. The largest absolute Gasteiger partial charge is 0.0616 e. The molecule has 0 saturated carbocycles. The molecular formula is C84H48. The van der Waals surface area contributed by atoms with E-state index in [2.05, 4.69) is 291 Å². The van der Waals surface area contributed by atoms with Gasteiger partial charge in [-0.25, -0.2) is 0 Å². The second-order valence-corrected chi connectivity index (χ2v) is 23.0. The standard InChI is InChI=1S/C84H48/c1-7-31-55-49(25-1)50-26-2-8-32-56(50)74-62-38-14-20-44-68(62)80-79(67-43-19-13-37-61(67)73(55)74)81-69-45-21-15-39-63(69)75-57-33-9-3-27-51(57)52-28-5-11-35-59(52)77(75)65-41-17-23-47-71(65)83(81)84-72-48-24-18-42-66(72)78-60-36-12-6-30-54(60)53-29-4-10-34-58(53)76(78)64-40-16-22-46-70(64)82(80)84/h1-48H. The molecule has 0 heteroatoms. The van der Waals surface area contributed by atoms with Crippen LogP contribution in [0.2, 0.25) is 0 Å². The van der Waals surface area contributed by atoms with E-state index in [1.165, 1.54) is 194 Å². The fourth-order valence-corrected chi connectivity index (χ4v) is 16.0. The van der Waals surface area contributed by atoms with Crippen molar-refractivity contribution in [3.8, 4) is 0 Å². The molecule has 19 rings (SSSR count). The first kappa shape index (κ1) is 45.8. The molecule has 0 aliphatic heterocycles. The predicted molar refractivity (Wildman–Crippen MR) is 368 cm³/mol. The van der Waals surface area contributed by atoms with Crippen LogP contribution in [-0.4, -0.2) is 0 Å². The number of rotatable bonds is 0. The molecule has 84 heavy (non-hydrogen) atoms. The average molecular weight is 1060 g/mol. The Balaban J connectivity index is 1.30. The third-order valence-electron chi connectivity index (χ3n) is 19.1. The van der Waals surface area contributed by atoms with Gasteiger partial charge in [-0.15, -0.1) is 0 Å². The highest BCUT2D eigenvalue weighted by molar-refractivity contribution is 6.53. The molecule has 0 N–H and O–H groups in total. The minimum Gasteiger partial charge on any atom is -0.0616 e. The van der Waals surface area contributed by atoms with E-state index >= 15 is 0 Å². The van der Waals surface area contributed by atoms with Crippen LogP contribution < -0.4 is 0 Å². The quantitative estimate of drug-likeness (QED) is 0.133. The van der Waals surface area contributed by atoms with Gasteiger partial charge in [-0.3, -0.25) is 0 Å². The van der Waals surface area contributed by atoms with Gasteiger partial charge in [-0.05, 0) is 194 Å². The maximum atomic E-state index is 2.45. The zero-order valence-electron chi connectivity index (χ0n) is 45.7. The summed E-state index contributed by atoms with van der Waals surface area (Å²) in [6.45, 7) is 0. The van der Waals surface area contributed by atoms with Crippen molar-refractivity contribution in [3.63, 3.8) is 0 Å². The Morgan fingerprint density at radius 1 is 0.0714 bits per heavy atom.